The lowest BCUT2D eigenvalue weighted by Gasteiger charge is -2.34. The summed E-state index contributed by atoms with van der Waals surface area (Å²) in [6.45, 7) is 3.34. The molecule has 2 aromatic carbocycles. The highest BCUT2D eigenvalue weighted by Crippen LogP contribution is 2.62. The summed E-state index contributed by atoms with van der Waals surface area (Å²) >= 11 is 0. The molecule has 0 amide bonds. The van der Waals surface area contributed by atoms with Gasteiger partial charge in [-0.25, -0.2) is 0 Å². The van der Waals surface area contributed by atoms with E-state index in [1.54, 1.807) is 60.7 Å². The Morgan fingerprint density at radius 1 is 0.767 bits per heavy atom. The van der Waals surface area contributed by atoms with Crippen molar-refractivity contribution in [2.75, 3.05) is 6.61 Å². The Kier molecular flexibility index (Phi) is 14.6. The molecule has 0 fully saturated rings. The number of rotatable bonds is 17. The van der Waals surface area contributed by atoms with Crippen LogP contribution in [0, 0.1) is 0 Å². The monoisotopic (exact) mass is 640 g/mol. The van der Waals surface area contributed by atoms with Crippen LogP contribution in [0.1, 0.15) is 38.8 Å². The van der Waals surface area contributed by atoms with E-state index in [2.05, 4.69) is 0 Å². The van der Waals surface area contributed by atoms with Crippen molar-refractivity contribution in [1.82, 2.24) is 0 Å². The highest BCUT2D eigenvalue weighted by atomic mass is 31.2. The number of hydrogen-bond donors (Lipinski definition) is 1. The van der Waals surface area contributed by atoms with Gasteiger partial charge in [0.05, 0.1) is 12.3 Å². The Labute approximate surface area is 250 Å². The first-order chi connectivity index (χ1) is 20.3. The van der Waals surface area contributed by atoms with E-state index in [9.17, 15) is 33.4 Å². The first-order valence-corrected chi connectivity index (χ1v) is 16.1. The van der Waals surface area contributed by atoms with Gasteiger partial charge in [0, 0.05) is 27.7 Å². The van der Waals surface area contributed by atoms with Crippen LogP contribution in [0.2, 0.25) is 0 Å². The van der Waals surface area contributed by atoms with Crippen LogP contribution < -0.4 is 0 Å². The zero-order valence-corrected chi connectivity index (χ0v) is 25.8. The van der Waals surface area contributed by atoms with E-state index < -0.39 is 70.9 Å². The van der Waals surface area contributed by atoms with Crippen LogP contribution in [0.3, 0.4) is 0 Å². The summed E-state index contributed by atoms with van der Waals surface area (Å²) in [7, 11) is -6.79. The van der Waals surface area contributed by atoms with E-state index in [1.807, 2.05) is 0 Å². The maximum absolute atomic E-state index is 14.1. The number of carbonyl (C=O) groups is 5. The molecule has 0 heterocycles. The predicted molar refractivity (Wildman–Crippen MR) is 152 cm³/mol. The molecule has 0 aliphatic rings. The largest absolute Gasteiger partial charge is 0.463 e. The van der Waals surface area contributed by atoms with Crippen molar-refractivity contribution in [2.45, 2.75) is 64.4 Å². The third kappa shape index (κ3) is 13.1. The summed E-state index contributed by atoms with van der Waals surface area (Å²) in [6, 6.07) is 17.5. The van der Waals surface area contributed by atoms with Gasteiger partial charge >= 0.3 is 32.5 Å². The molecule has 0 bridgehead atoms. The third-order valence-electron chi connectivity index (χ3n) is 5.48. The quantitative estimate of drug-likeness (QED) is 0.114. The Balaban J connectivity index is 2.46. The van der Waals surface area contributed by atoms with E-state index in [0.29, 0.717) is 11.1 Å². The van der Waals surface area contributed by atoms with Crippen molar-refractivity contribution in [3.05, 3.63) is 71.8 Å². The number of ether oxygens (including phenoxy) is 4. The van der Waals surface area contributed by atoms with Crippen LogP contribution in [0.5, 0.6) is 0 Å². The summed E-state index contributed by atoms with van der Waals surface area (Å²) in [5.41, 5.74) is 1.31. The maximum Gasteiger partial charge on any atom is 0.336 e. The zero-order valence-electron chi connectivity index (χ0n) is 24.0. The van der Waals surface area contributed by atoms with Crippen LogP contribution in [-0.2, 0) is 68.6 Å². The van der Waals surface area contributed by atoms with Crippen LogP contribution in [0.4, 0.5) is 0 Å². The second kappa shape index (κ2) is 17.6. The summed E-state index contributed by atoms with van der Waals surface area (Å²) in [6.07, 6.45) is -7.05. The van der Waals surface area contributed by atoms with Gasteiger partial charge in [0.15, 0.2) is 24.6 Å². The molecule has 0 saturated carbocycles. The number of esters is 4. The van der Waals surface area contributed by atoms with Crippen molar-refractivity contribution in [2.24, 2.45) is 0 Å². The fraction of sp³-hybridized carbons (Fsp3) is 0.393. The van der Waals surface area contributed by atoms with Gasteiger partial charge in [-0.15, -0.1) is 0 Å². The zero-order chi connectivity index (χ0) is 32.0. The SMILES string of the molecule is CC(=O)OC[C@@H](OP(O)OP(=O)(Cc1ccccc1)Cc1ccccc1)[C@@H](OC(C)=O)[C@H](OC(C)=O)[C@H](C=O)OC(C)=O. The fourth-order valence-electron chi connectivity index (χ4n) is 3.91. The molecule has 0 radical (unpaired) electrons. The molecule has 2 rings (SSSR count). The van der Waals surface area contributed by atoms with Gasteiger partial charge in [0.2, 0.25) is 7.37 Å². The van der Waals surface area contributed by atoms with E-state index in [1.165, 1.54) is 0 Å². The van der Waals surface area contributed by atoms with E-state index >= 15 is 0 Å². The van der Waals surface area contributed by atoms with Gasteiger partial charge in [0.1, 0.15) is 12.7 Å². The summed E-state index contributed by atoms with van der Waals surface area (Å²) in [5.74, 6) is -3.63. The Morgan fingerprint density at radius 2 is 1.23 bits per heavy atom. The number of hydrogen-bond acceptors (Lipinski definition) is 13. The molecule has 234 valence electrons. The van der Waals surface area contributed by atoms with Crippen LogP contribution >= 0.6 is 16.0 Å². The topological polar surface area (TPSA) is 178 Å². The first-order valence-electron chi connectivity index (χ1n) is 12.9. The van der Waals surface area contributed by atoms with Crippen molar-refractivity contribution in [3.63, 3.8) is 0 Å². The van der Waals surface area contributed by atoms with Crippen LogP contribution in [0.25, 0.3) is 0 Å². The fourth-order valence-corrected chi connectivity index (χ4v) is 7.60. The lowest BCUT2D eigenvalue weighted by molar-refractivity contribution is -0.193. The average molecular weight is 641 g/mol. The molecular weight excluding hydrogens is 606 g/mol. The minimum atomic E-state index is -3.73. The molecule has 2 aromatic rings. The smallest absolute Gasteiger partial charge is 0.336 e. The molecule has 0 saturated heterocycles. The van der Waals surface area contributed by atoms with Gasteiger partial charge in [-0.05, 0) is 11.1 Å². The number of benzene rings is 2. The minimum Gasteiger partial charge on any atom is -0.463 e. The molecule has 1 unspecified atom stereocenters. The number of carbonyl (C=O) groups excluding carboxylic acids is 5. The van der Waals surface area contributed by atoms with Crippen molar-refractivity contribution in [1.29, 1.82) is 0 Å². The Bertz CT molecular complexity index is 1230. The molecule has 0 aliphatic heterocycles. The van der Waals surface area contributed by atoms with E-state index in [0.717, 1.165) is 27.7 Å². The molecule has 43 heavy (non-hydrogen) atoms. The lowest BCUT2D eigenvalue weighted by atomic mass is 10.0. The molecule has 0 aliphatic carbocycles. The average Bonchev–Trinajstić information content (AvgIpc) is 2.92. The molecule has 13 nitrogen and oxygen atoms in total. The van der Waals surface area contributed by atoms with E-state index in [4.69, 9.17) is 27.8 Å². The molecule has 0 spiro atoms. The standard InChI is InChI=1S/C28H34O13P2/c1-19(30)36-16-26(28(39-22(4)33)27(38-21(3)32)25(15-29)37-20(2)31)40-42(34)41-43(35,17-23-11-7-5-8-12-23)18-24-13-9-6-10-14-24/h5-15,25-28,34H,16-18H2,1-4H3/t25-,26+,27+,28+,42?/m0/s1. The summed E-state index contributed by atoms with van der Waals surface area (Å²) in [4.78, 5) is 70.2. The highest BCUT2D eigenvalue weighted by molar-refractivity contribution is 7.64. The second-order valence-corrected chi connectivity index (χ2v) is 12.8. The molecule has 5 atom stereocenters. The molecule has 15 heteroatoms. The van der Waals surface area contributed by atoms with Gasteiger partial charge in [0.25, 0.3) is 0 Å². The molecule has 1 N–H and O–H groups in total. The normalized spacial score (nSPS) is 14.7. The van der Waals surface area contributed by atoms with Crippen molar-refractivity contribution >= 4 is 46.1 Å². The Morgan fingerprint density at radius 3 is 1.65 bits per heavy atom. The van der Waals surface area contributed by atoms with Crippen LogP contribution in [0.15, 0.2) is 60.7 Å². The van der Waals surface area contributed by atoms with Gasteiger partial charge in [-0.3, -0.25) is 32.8 Å². The van der Waals surface area contributed by atoms with Crippen molar-refractivity contribution in [3.8, 4) is 0 Å². The second-order valence-electron chi connectivity index (χ2n) is 9.23. The van der Waals surface area contributed by atoms with Gasteiger partial charge in [-0.1, -0.05) is 60.7 Å². The highest BCUT2D eigenvalue weighted by Gasteiger charge is 2.44. The number of aldehydes is 1. The summed E-state index contributed by atoms with van der Waals surface area (Å²) < 4.78 is 45.8. The van der Waals surface area contributed by atoms with Crippen LogP contribution in [-0.4, -0.2) is 66.1 Å². The summed E-state index contributed by atoms with van der Waals surface area (Å²) in [5, 5.41) is 0. The van der Waals surface area contributed by atoms with E-state index in [-0.39, 0.29) is 18.6 Å². The first kappa shape index (κ1) is 35.7. The van der Waals surface area contributed by atoms with Gasteiger partial charge in [-0.2, -0.15) is 0 Å². The minimum absolute atomic E-state index is 0.0801. The molecule has 0 aromatic heterocycles. The Hall–Kier alpha value is -3.47. The lowest BCUT2D eigenvalue weighted by Crippen LogP contribution is -2.52. The molecular formula is C28H34O13P2. The maximum atomic E-state index is 14.1. The third-order valence-corrected chi connectivity index (χ3v) is 9.38. The van der Waals surface area contributed by atoms with Crippen molar-refractivity contribution < 1.29 is 61.2 Å². The predicted octanol–water partition coefficient (Wildman–Crippen LogP) is 3.84. The van der Waals surface area contributed by atoms with Gasteiger partial charge < -0.3 is 28.4 Å².